The lowest BCUT2D eigenvalue weighted by atomic mass is 9.62. The van der Waals surface area contributed by atoms with E-state index in [0.717, 1.165) is 10.5 Å². The van der Waals surface area contributed by atoms with Gasteiger partial charge < -0.3 is 10.1 Å². The third-order valence-electron chi connectivity index (χ3n) is 6.71. The quantitative estimate of drug-likeness (QED) is 0.663. The molecule has 2 aromatic carbocycles. The maximum atomic E-state index is 14.4. The Morgan fingerprint density at radius 3 is 2.29 bits per heavy atom. The standard InChI is InChI=1S/C26H26N4O4S/c1-25(2,3)21-26(23(32)30(28-21)17-12-8-5-9-13-17)18(16-10-6-4-7-11-16)19(27-22(26)35)20(31)29-14-15-34-24(29)33/h4-13,18-19H,14-15H2,1-3H3,(H,27,35)/t18-,19-,26-/m0/s1. The molecule has 3 amide bonds. The zero-order valence-corrected chi connectivity index (χ0v) is 20.5. The molecule has 0 saturated carbocycles. The van der Waals surface area contributed by atoms with Crippen LogP contribution in [0.5, 0.6) is 0 Å². The van der Waals surface area contributed by atoms with Crippen LogP contribution in [0.2, 0.25) is 0 Å². The van der Waals surface area contributed by atoms with Crippen molar-refractivity contribution < 1.29 is 19.1 Å². The molecule has 3 aliphatic rings. The number of cyclic esters (lactones) is 1. The molecule has 3 aliphatic heterocycles. The molecule has 3 heterocycles. The molecule has 0 bridgehead atoms. The summed E-state index contributed by atoms with van der Waals surface area (Å²) < 4.78 is 5.01. The summed E-state index contributed by atoms with van der Waals surface area (Å²) in [5.74, 6) is -1.50. The van der Waals surface area contributed by atoms with Gasteiger partial charge in [0.05, 0.1) is 22.9 Å². The molecule has 8 nitrogen and oxygen atoms in total. The Labute approximate surface area is 208 Å². The second-order valence-corrected chi connectivity index (χ2v) is 10.3. The monoisotopic (exact) mass is 490 g/mol. The fraction of sp³-hybridized carbons (Fsp3) is 0.346. The van der Waals surface area contributed by atoms with Gasteiger partial charge in [0.25, 0.3) is 11.8 Å². The van der Waals surface area contributed by atoms with Gasteiger partial charge in [0.15, 0.2) is 5.41 Å². The van der Waals surface area contributed by atoms with Crippen molar-refractivity contribution in [3.05, 3.63) is 66.2 Å². The predicted octanol–water partition coefficient (Wildman–Crippen LogP) is 3.48. The molecule has 1 spiro atoms. The second-order valence-electron chi connectivity index (χ2n) is 9.90. The fourth-order valence-electron chi connectivity index (χ4n) is 5.26. The maximum Gasteiger partial charge on any atom is 0.416 e. The number of thiocarbonyl (C=S) groups is 1. The topological polar surface area (TPSA) is 91.3 Å². The third kappa shape index (κ3) is 3.44. The van der Waals surface area contributed by atoms with Gasteiger partial charge in [0.1, 0.15) is 12.6 Å². The average Bonchev–Trinajstić information content (AvgIpc) is 3.50. The van der Waals surface area contributed by atoms with Gasteiger partial charge in [0.2, 0.25) is 0 Å². The highest BCUT2D eigenvalue weighted by atomic mass is 32.1. The number of hydrogen-bond acceptors (Lipinski definition) is 6. The molecular weight excluding hydrogens is 464 g/mol. The minimum atomic E-state index is -1.39. The van der Waals surface area contributed by atoms with Crippen LogP contribution < -0.4 is 10.3 Å². The van der Waals surface area contributed by atoms with Crippen LogP contribution in [0.1, 0.15) is 32.3 Å². The normalized spacial score (nSPS) is 26.3. The van der Waals surface area contributed by atoms with E-state index in [1.54, 1.807) is 0 Å². The van der Waals surface area contributed by atoms with Gasteiger partial charge in [0, 0.05) is 11.3 Å². The summed E-state index contributed by atoms with van der Waals surface area (Å²) in [6.45, 7) is 6.23. The van der Waals surface area contributed by atoms with Crippen LogP contribution in [0.25, 0.3) is 0 Å². The van der Waals surface area contributed by atoms with E-state index in [1.165, 1.54) is 5.01 Å². The number of carbonyl (C=O) groups is 3. The van der Waals surface area contributed by atoms with E-state index in [9.17, 15) is 14.4 Å². The van der Waals surface area contributed by atoms with Crippen molar-refractivity contribution in [2.24, 2.45) is 15.9 Å². The van der Waals surface area contributed by atoms with Crippen molar-refractivity contribution in [3.63, 3.8) is 0 Å². The van der Waals surface area contributed by atoms with Gasteiger partial charge in [-0.05, 0) is 17.7 Å². The Balaban J connectivity index is 1.71. The third-order valence-corrected chi connectivity index (χ3v) is 7.15. The Kier molecular flexibility index (Phi) is 5.47. The molecule has 2 fully saturated rings. The molecular formula is C26H26N4O4S. The molecule has 0 radical (unpaired) electrons. The lowest BCUT2D eigenvalue weighted by Gasteiger charge is -2.36. The summed E-state index contributed by atoms with van der Waals surface area (Å²) in [6, 6.07) is 17.6. The van der Waals surface area contributed by atoms with Gasteiger partial charge in [-0.15, -0.1) is 0 Å². The lowest BCUT2D eigenvalue weighted by molar-refractivity contribution is -0.130. The molecule has 9 heteroatoms. The first-order valence-electron chi connectivity index (χ1n) is 11.5. The van der Waals surface area contributed by atoms with Crippen LogP contribution in [-0.2, 0) is 14.3 Å². The minimum absolute atomic E-state index is 0.137. The van der Waals surface area contributed by atoms with Crippen molar-refractivity contribution in [1.29, 1.82) is 0 Å². The number of carbonyl (C=O) groups excluding carboxylic acids is 3. The number of para-hydroxylation sites is 1. The number of ether oxygens (including phenoxy) is 1. The number of nitrogens with one attached hydrogen (secondary N) is 1. The van der Waals surface area contributed by atoms with E-state index in [0.29, 0.717) is 11.4 Å². The van der Waals surface area contributed by atoms with Crippen LogP contribution in [0.4, 0.5) is 10.5 Å². The first kappa shape index (κ1) is 23.2. The Hall–Kier alpha value is -3.59. The van der Waals surface area contributed by atoms with E-state index < -0.39 is 34.8 Å². The maximum absolute atomic E-state index is 14.4. The molecule has 0 aromatic heterocycles. The summed E-state index contributed by atoms with van der Waals surface area (Å²) >= 11 is 5.87. The largest absolute Gasteiger partial charge is 0.447 e. The molecule has 1 N–H and O–H groups in total. The number of hydrogen-bond donors (Lipinski definition) is 1. The highest BCUT2D eigenvalue weighted by Crippen LogP contribution is 2.54. The minimum Gasteiger partial charge on any atom is -0.447 e. The van der Waals surface area contributed by atoms with Gasteiger partial charge in [-0.25, -0.2) is 9.69 Å². The number of rotatable bonds is 3. The highest BCUT2D eigenvalue weighted by molar-refractivity contribution is 7.80. The predicted molar refractivity (Wildman–Crippen MR) is 135 cm³/mol. The zero-order chi connectivity index (χ0) is 25.0. The first-order valence-corrected chi connectivity index (χ1v) is 11.9. The molecule has 2 saturated heterocycles. The molecule has 2 aromatic rings. The van der Waals surface area contributed by atoms with E-state index >= 15 is 0 Å². The highest BCUT2D eigenvalue weighted by Gasteiger charge is 2.68. The second kappa shape index (κ2) is 8.27. The molecule has 35 heavy (non-hydrogen) atoms. The van der Waals surface area contributed by atoms with Crippen molar-refractivity contribution in [3.8, 4) is 0 Å². The van der Waals surface area contributed by atoms with E-state index in [1.807, 2.05) is 81.4 Å². The van der Waals surface area contributed by atoms with E-state index in [2.05, 4.69) is 5.32 Å². The van der Waals surface area contributed by atoms with Gasteiger partial charge in [-0.3, -0.25) is 9.59 Å². The Bertz CT molecular complexity index is 1240. The number of amides is 3. The number of anilines is 1. The van der Waals surface area contributed by atoms with Crippen molar-refractivity contribution in [2.75, 3.05) is 18.2 Å². The Morgan fingerprint density at radius 2 is 1.71 bits per heavy atom. The molecule has 5 rings (SSSR count). The number of hydrazone groups is 1. The summed E-state index contributed by atoms with van der Waals surface area (Å²) in [4.78, 5) is 41.7. The van der Waals surface area contributed by atoms with Crippen molar-refractivity contribution in [2.45, 2.75) is 32.7 Å². The van der Waals surface area contributed by atoms with E-state index in [-0.39, 0.29) is 24.0 Å². The summed E-state index contributed by atoms with van der Waals surface area (Å²) in [5.41, 5.74) is -0.00359. The van der Waals surface area contributed by atoms with Crippen LogP contribution in [0.3, 0.4) is 0 Å². The summed E-state index contributed by atoms with van der Waals surface area (Å²) in [6.07, 6.45) is -0.691. The molecule has 0 aliphatic carbocycles. The lowest BCUT2D eigenvalue weighted by Crippen LogP contribution is -2.52. The van der Waals surface area contributed by atoms with Crippen molar-refractivity contribution >= 4 is 46.5 Å². The number of nitrogens with zero attached hydrogens (tertiary/aromatic N) is 3. The molecule has 180 valence electrons. The molecule has 3 atom stereocenters. The van der Waals surface area contributed by atoms with Gasteiger partial charge in [-0.1, -0.05) is 81.5 Å². The van der Waals surface area contributed by atoms with Crippen LogP contribution in [-0.4, -0.2) is 52.7 Å². The van der Waals surface area contributed by atoms with Gasteiger partial charge in [-0.2, -0.15) is 10.1 Å². The Morgan fingerprint density at radius 1 is 1.09 bits per heavy atom. The molecule has 0 unspecified atom stereocenters. The summed E-state index contributed by atoms with van der Waals surface area (Å²) in [7, 11) is 0. The van der Waals surface area contributed by atoms with Crippen molar-refractivity contribution in [1.82, 2.24) is 10.2 Å². The van der Waals surface area contributed by atoms with Gasteiger partial charge >= 0.3 is 6.09 Å². The smallest absolute Gasteiger partial charge is 0.416 e. The van der Waals surface area contributed by atoms with E-state index in [4.69, 9.17) is 22.1 Å². The van der Waals surface area contributed by atoms with Crippen LogP contribution in [0.15, 0.2) is 65.8 Å². The first-order chi connectivity index (χ1) is 16.7. The van der Waals surface area contributed by atoms with Crippen LogP contribution >= 0.6 is 12.2 Å². The average molecular weight is 491 g/mol. The number of imide groups is 1. The number of benzene rings is 2. The SMILES string of the molecule is CC(C)(C)C1=NN(c2ccccc2)C(=O)[C@]12C(=S)N[C@H](C(=O)N1CCOC1=O)[C@@H]2c1ccccc1. The summed E-state index contributed by atoms with van der Waals surface area (Å²) in [5, 5.41) is 9.37. The fourth-order valence-corrected chi connectivity index (χ4v) is 5.70. The van der Waals surface area contributed by atoms with Crippen LogP contribution in [0, 0.1) is 10.8 Å². The zero-order valence-electron chi connectivity index (χ0n) is 19.7.